The van der Waals surface area contributed by atoms with Crippen LogP contribution in [0.2, 0.25) is 0 Å². The van der Waals surface area contributed by atoms with E-state index in [1.54, 1.807) is 43.5 Å². The Morgan fingerprint density at radius 1 is 1.00 bits per heavy atom. The van der Waals surface area contributed by atoms with Gasteiger partial charge in [0.25, 0.3) is 11.5 Å². The molecule has 1 aromatic heterocycles. The van der Waals surface area contributed by atoms with Crippen molar-refractivity contribution in [3.63, 3.8) is 0 Å². The van der Waals surface area contributed by atoms with E-state index < -0.39 is 6.10 Å². The summed E-state index contributed by atoms with van der Waals surface area (Å²) in [5.74, 6) is -0.230. The van der Waals surface area contributed by atoms with Gasteiger partial charge in [0, 0.05) is 28.2 Å². The third-order valence-electron chi connectivity index (χ3n) is 4.74. The zero-order valence-corrected chi connectivity index (χ0v) is 15.4. The number of carbonyl (C=O) groups is 1. The Hall–Kier alpha value is -3.44. The lowest BCUT2D eigenvalue weighted by atomic mass is 10.1. The Kier molecular flexibility index (Phi) is 4.67. The van der Waals surface area contributed by atoms with Gasteiger partial charge < -0.3 is 15.0 Å². The fourth-order valence-corrected chi connectivity index (χ4v) is 3.38. The van der Waals surface area contributed by atoms with Gasteiger partial charge in [-0.15, -0.1) is 0 Å². The number of aliphatic hydroxyl groups excluding tert-OH is 1. The number of pyridine rings is 1. The van der Waals surface area contributed by atoms with Crippen LogP contribution < -0.4 is 10.9 Å². The second-order valence-corrected chi connectivity index (χ2v) is 6.91. The van der Waals surface area contributed by atoms with E-state index in [-0.39, 0.29) is 18.0 Å². The molecule has 0 aliphatic carbocycles. The maximum absolute atomic E-state index is 12.8. The molecule has 1 amide bonds. The minimum atomic E-state index is -0.620. The van der Waals surface area contributed by atoms with E-state index in [0.29, 0.717) is 22.0 Å². The molecule has 0 bridgehead atoms. The predicted octanol–water partition coefficient (Wildman–Crippen LogP) is 3.79. The van der Waals surface area contributed by atoms with Crippen molar-refractivity contribution in [2.75, 3.05) is 5.32 Å². The van der Waals surface area contributed by atoms with Crippen LogP contribution in [0, 0.1) is 0 Å². The predicted molar refractivity (Wildman–Crippen MR) is 112 cm³/mol. The molecule has 1 heterocycles. The number of hydrogen-bond donors (Lipinski definition) is 2. The fourth-order valence-electron chi connectivity index (χ4n) is 3.38. The molecule has 3 aromatic carbocycles. The Balaban J connectivity index is 1.69. The van der Waals surface area contributed by atoms with Gasteiger partial charge in [0.1, 0.15) is 0 Å². The minimum absolute atomic E-state index is 0.194. The highest BCUT2D eigenvalue weighted by molar-refractivity contribution is 6.10. The summed E-state index contributed by atoms with van der Waals surface area (Å²) >= 11 is 0. The van der Waals surface area contributed by atoms with Gasteiger partial charge in [-0.2, -0.15) is 0 Å². The number of fused-ring (bicyclic) bond motifs is 2. The molecule has 0 radical (unpaired) electrons. The number of benzene rings is 3. The zero-order valence-electron chi connectivity index (χ0n) is 15.4. The second-order valence-electron chi connectivity index (χ2n) is 6.91. The van der Waals surface area contributed by atoms with Crippen LogP contribution in [0.5, 0.6) is 0 Å². The number of carbonyl (C=O) groups excluding carboxylic acids is 1. The van der Waals surface area contributed by atoms with Crippen molar-refractivity contribution in [2.24, 2.45) is 0 Å². The molecule has 4 aromatic rings. The first-order chi connectivity index (χ1) is 13.5. The van der Waals surface area contributed by atoms with Crippen LogP contribution in [-0.2, 0) is 6.54 Å². The van der Waals surface area contributed by atoms with Crippen molar-refractivity contribution in [3.05, 3.63) is 88.8 Å². The summed E-state index contributed by atoms with van der Waals surface area (Å²) < 4.78 is 1.47. The van der Waals surface area contributed by atoms with Crippen molar-refractivity contribution in [1.29, 1.82) is 0 Å². The van der Waals surface area contributed by atoms with E-state index in [1.165, 1.54) is 4.57 Å². The lowest BCUT2D eigenvalue weighted by molar-refractivity contribution is 0.102. The summed E-state index contributed by atoms with van der Waals surface area (Å²) in [4.78, 5) is 25.4. The summed E-state index contributed by atoms with van der Waals surface area (Å²) in [6.45, 7) is 1.86. The standard InChI is InChI=1S/C23H20N2O3/c1-15(26)14-25-12-11-19-20(23(25)28)7-4-8-21(19)24-22(27)18-10-9-16-5-2-3-6-17(16)13-18/h2-13,15,26H,14H2,1H3,(H,24,27). The van der Waals surface area contributed by atoms with Crippen molar-refractivity contribution in [1.82, 2.24) is 4.57 Å². The number of amides is 1. The molecule has 5 nitrogen and oxygen atoms in total. The van der Waals surface area contributed by atoms with Gasteiger partial charge in [0.05, 0.1) is 12.6 Å². The van der Waals surface area contributed by atoms with Crippen LogP contribution in [0.3, 0.4) is 0 Å². The number of aromatic nitrogens is 1. The molecule has 0 saturated heterocycles. The van der Waals surface area contributed by atoms with E-state index in [2.05, 4.69) is 5.32 Å². The highest BCUT2D eigenvalue weighted by Crippen LogP contribution is 2.22. The summed E-state index contributed by atoms with van der Waals surface area (Å²) in [6.07, 6.45) is 1.02. The molecule has 0 aliphatic heterocycles. The van der Waals surface area contributed by atoms with Gasteiger partial charge in [0.15, 0.2) is 0 Å². The highest BCUT2D eigenvalue weighted by atomic mass is 16.3. The molecule has 4 rings (SSSR count). The first-order valence-electron chi connectivity index (χ1n) is 9.13. The topological polar surface area (TPSA) is 71.3 Å². The molecule has 1 unspecified atom stereocenters. The van der Waals surface area contributed by atoms with Crippen LogP contribution >= 0.6 is 0 Å². The lowest BCUT2D eigenvalue weighted by Crippen LogP contribution is -2.25. The maximum atomic E-state index is 12.8. The molecule has 0 aliphatic rings. The molecule has 28 heavy (non-hydrogen) atoms. The van der Waals surface area contributed by atoms with Crippen molar-refractivity contribution in [2.45, 2.75) is 19.6 Å². The van der Waals surface area contributed by atoms with E-state index in [1.807, 2.05) is 36.4 Å². The van der Waals surface area contributed by atoms with Crippen LogP contribution in [-0.4, -0.2) is 21.7 Å². The number of nitrogens with zero attached hydrogens (tertiary/aromatic N) is 1. The molecule has 0 saturated carbocycles. The van der Waals surface area contributed by atoms with E-state index in [4.69, 9.17) is 0 Å². The number of rotatable bonds is 4. The Labute approximate surface area is 161 Å². The number of anilines is 1. The summed E-state index contributed by atoms with van der Waals surface area (Å²) in [5.41, 5.74) is 0.940. The van der Waals surface area contributed by atoms with Gasteiger partial charge in [-0.25, -0.2) is 0 Å². The smallest absolute Gasteiger partial charge is 0.258 e. The van der Waals surface area contributed by atoms with Crippen molar-refractivity contribution >= 4 is 33.1 Å². The van der Waals surface area contributed by atoms with Gasteiger partial charge in [0.2, 0.25) is 0 Å². The van der Waals surface area contributed by atoms with Gasteiger partial charge in [-0.3, -0.25) is 9.59 Å². The summed E-state index contributed by atoms with van der Waals surface area (Å²) in [6, 6.07) is 20.5. The molecule has 140 valence electrons. The lowest BCUT2D eigenvalue weighted by Gasteiger charge is -2.12. The van der Waals surface area contributed by atoms with Crippen LogP contribution in [0.15, 0.2) is 77.7 Å². The average molecular weight is 372 g/mol. The third kappa shape index (κ3) is 3.40. The highest BCUT2D eigenvalue weighted by Gasteiger charge is 2.12. The van der Waals surface area contributed by atoms with E-state index in [9.17, 15) is 14.7 Å². The Morgan fingerprint density at radius 2 is 1.79 bits per heavy atom. The molecule has 0 fully saturated rings. The second kappa shape index (κ2) is 7.29. The van der Waals surface area contributed by atoms with Gasteiger partial charge >= 0.3 is 0 Å². The van der Waals surface area contributed by atoms with Gasteiger partial charge in [-0.1, -0.05) is 36.4 Å². The molecular formula is C23H20N2O3. The first kappa shape index (κ1) is 17.9. The van der Waals surface area contributed by atoms with E-state index in [0.717, 1.165) is 10.8 Å². The first-order valence-corrected chi connectivity index (χ1v) is 9.13. The van der Waals surface area contributed by atoms with E-state index >= 15 is 0 Å². The molecule has 2 N–H and O–H groups in total. The number of nitrogens with one attached hydrogen (secondary N) is 1. The quantitative estimate of drug-likeness (QED) is 0.573. The maximum Gasteiger partial charge on any atom is 0.258 e. The van der Waals surface area contributed by atoms with Crippen LogP contribution in [0.1, 0.15) is 17.3 Å². The monoisotopic (exact) mass is 372 g/mol. The fraction of sp³-hybridized carbons (Fsp3) is 0.130. The molecule has 1 atom stereocenters. The van der Waals surface area contributed by atoms with Crippen LogP contribution in [0.25, 0.3) is 21.5 Å². The molecule has 0 spiro atoms. The summed E-state index contributed by atoms with van der Waals surface area (Å²) in [7, 11) is 0. The van der Waals surface area contributed by atoms with Crippen molar-refractivity contribution in [3.8, 4) is 0 Å². The molecular weight excluding hydrogens is 352 g/mol. The third-order valence-corrected chi connectivity index (χ3v) is 4.74. The van der Waals surface area contributed by atoms with Crippen molar-refractivity contribution < 1.29 is 9.90 Å². The largest absolute Gasteiger partial charge is 0.392 e. The molecule has 5 heteroatoms. The minimum Gasteiger partial charge on any atom is -0.392 e. The zero-order chi connectivity index (χ0) is 19.7. The number of aliphatic hydroxyl groups is 1. The van der Waals surface area contributed by atoms with Crippen LogP contribution in [0.4, 0.5) is 5.69 Å². The summed E-state index contributed by atoms with van der Waals surface area (Å²) in [5, 5.41) is 15.7. The SMILES string of the molecule is CC(O)Cn1ccc2c(NC(=O)c3ccc4ccccc4c3)cccc2c1=O. The average Bonchev–Trinajstić information content (AvgIpc) is 2.70. The normalized spacial score (nSPS) is 12.2. The number of hydrogen-bond acceptors (Lipinski definition) is 3. The Bertz CT molecular complexity index is 1240. The Morgan fingerprint density at radius 3 is 2.57 bits per heavy atom. The van der Waals surface area contributed by atoms with Gasteiger partial charge in [-0.05, 0) is 48.0 Å².